The molecule has 0 fully saturated rings. The van der Waals surface area contributed by atoms with E-state index in [0.717, 1.165) is 0 Å². The second kappa shape index (κ2) is 9.07. The zero-order valence-corrected chi connectivity index (χ0v) is 5.47. The van der Waals surface area contributed by atoms with Crippen molar-refractivity contribution in [1.29, 1.82) is 0 Å². The van der Waals surface area contributed by atoms with Gasteiger partial charge in [-0.05, 0) is 0 Å². The standard InChI is InChI=1S/C2H3.ClH.Zr/c1-2;;/h1H,2H2;1H;. The Bertz CT molecular complexity index is 13.5. The second-order valence-electron chi connectivity index (χ2n) is 0.204. The Morgan fingerprint density at radius 2 is 1.75 bits per heavy atom. The molecule has 4 heavy (non-hydrogen) atoms. The van der Waals surface area contributed by atoms with Crippen LogP contribution in [0.2, 0.25) is 0 Å². The second-order valence-corrected chi connectivity index (χ2v) is 1.21. The van der Waals surface area contributed by atoms with Crippen LogP contribution < -0.4 is 0 Å². The van der Waals surface area contributed by atoms with Gasteiger partial charge in [0.15, 0.2) is 0 Å². The molecule has 0 aliphatic rings. The molecule has 0 aromatic heterocycles. The molecule has 0 amide bonds. The topological polar surface area (TPSA) is 0 Å². The quantitative estimate of drug-likeness (QED) is 0.491. The van der Waals surface area contributed by atoms with Crippen molar-refractivity contribution in [2.45, 2.75) is 0 Å². The van der Waals surface area contributed by atoms with Crippen LogP contribution in [0.3, 0.4) is 0 Å². The third kappa shape index (κ3) is 12.8. The van der Waals surface area contributed by atoms with Crippen LogP contribution in [0, 0.1) is 0 Å². The van der Waals surface area contributed by atoms with Crippen molar-refractivity contribution in [1.82, 2.24) is 0 Å². The first-order chi connectivity index (χ1) is 1.41. The molecule has 0 nitrogen and oxygen atoms in total. The summed E-state index contributed by atoms with van der Waals surface area (Å²) in [4.78, 5) is 0. The summed E-state index contributed by atoms with van der Waals surface area (Å²) in [6.07, 6.45) is 0. The molecule has 0 N–H and O–H groups in total. The number of halogens is 1. The fourth-order valence-electron chi connectivity index (χ4n) is 0. The molecular weight excluding hydrogens is 151 g/mol. The smallest absolute Gasteiger partial charge is 0.147 e. The van der Waals surface area contributed by atoms with Gasteiger partial charge in [-0.1, -0.05) is 0 Å². The molecule has 0 unspecified atom stereocenters. The van der Waals surface area contributed by atoms with E-state index in [1.807, 2.05) is 3.78 Å². The molecule has 0 saturated carbocycles. The zero-order chi connectivity index (χ0) is 2.71. The third-order valence-electron chi connectivity index (χ3n) is 0. The fraction of sp³-hybridized carbons (Fsp3) is 0. The normalized spacial score (nSPS) is 2.75. The van der Waals surface area contributed by atoms with Gasteiger partial charge in [-0.2, -0.15) is 0 Å². The van der Waals surface area contributed by atoms with E-state index in [9.17, 15) is 0 Å². The van der Waals surface area contributed by atoms with E-state index >= 15 is 0 Å². The summed E-state index contributed by atoms with van der Waals surface area (Å²) in [5, 5.41) is 0. The molecule has 0 atom stereocenters. The van der Waals surface area contributed by atoms with Gasteiger partial charge in [-0.25, -0.2) is 0 Å². The van der Waals surface area contributed by atoms with E-state index in [-0.39, 0.29) is 12.4 Å². The zero-order valence-electron chi connectivity index (χ0n) is 2.19. The number of hydrogen-bond acceptors (Lipinski definition) is 0. The molecular formula is C2H4ClZr. The minimum absolute atomic E-state index is 0. The van der Waals surface area contributed by atoms with E-state index in [1.165, 1.54) is 24.7 Å². The molecule has 0 aliphatic carbocycles. The van der Waals surface area contributed by atoms with Crippen LogP contribution in [0.15, 0.2) is 10.4 Å². The summed E-state index contributed by atoms with van der Waals surface area (Å²) in [5.74, 6) is 0. The van der Waals surface area contributed by atoms with Crippen molar-refractivity contribution in [3.63, 3.8) is 0 Å². The molecule has 23 valence electrons. The summed E-state index contributed by atoms with van der Waals surface area (Å²) < 4.78 is 1.84. The maximum Gasteiger partial charge on any atom is -0.147 e. The summed E-state index contributed by atoms with van der Waals surface area (Å²) in [6, 6.07) is 0. The minimum atomic E-state index is 0. The fourth-order valence-corrected chi connectivity index (χ4v) is 0. The SMILES string of the molecule is C=[CH][Zr].Cl. The van der Waals surface area contributed by atoms with Gasteiger partial charge in [0.1, 0.15) is 0 Å². The van der Waals surface area contributed by atoms with E-state index in [4.69, 9.17) is 0 Å². The molecule has 0 heterocycles. The first-order valence-corrected chi connectivity index (χ1v) is 2.12. The van der Waals surface area contributed by atoms with E-state index < -0.39 is 0 Å². The summed E-state index contributed by atoms with van der Waals surface area (Å²) in [7, 11) is 0. The molecule has 0 aliphatic heterocycles. The van der Waals surface area contributed by atoms with Crippen LogP contribution in [-0.2, 0) is 24.7 Å². The molecule has 0 spiro atoms. The van der Waals surface area contributed by atoms with Crippen molar-refractivity contribution >= 4 is 12.4 Å². The van der Waals surface area contributed by atoms with Gasteiger partial charge in [0.2, 0.25) is 0 Å². The molecule has 0 aromatic rings. The van der Waals surface area contributed by atoms with Crippen LogP contribution in [0.1, 0.15) is 0 Å². The predicted octanol–water partition coefficient (Wildman–Crippen LogP) is 1.10. The van der Waals surface area contributed by atoms with Crippen LogP contribution >= 0.6 is 12.4 Å². The van der Waals surface area contributed by atoms with Gasteiger partial charge < -0.3 is 0 Å². The largest absolute Gasteiger partial charge is 0.147 e. The van der Waals surface area contributed by atoms with Crippen molar-refractivity contribution in [2.75, 3.05) is 0 Å². The van der Waals surface area contributed by atoms with Crippen molar-refractivity contribution in [3.8, 4) is 0 Å². The summed E-state index contributed by atoms with van der Waals surface area (Å²) in [6.45, 7) is 3.40. The average Bonchev–Trinajstić information content (AvgIpc) is 0.918. The van der Waals surface area contributed by atoms with Crippen LogP contribution in [0.4, 0.5) is 0 Å². The van der Waals surface area contributed by atoms with Gasteiger partial charge in [-0.3, -0.25) is 0 Å². The van der Waals surface area contributed by atoms with Crippen LogP contribution in [0.25, 0.3) is 0 Å². The maximum atomic E-state index is 3.40. The van der Waals surface area contributed by atoms with Crippen molar-refractivity contribution in [3.05, 3.63) is 10.4 Å². The Morgan fingerprint density at radius 3 is 1.75 bits per heavy atom. The van der Waals surface area contributed by atoms with E-state index in [1.54, 1.807) is 0 Å². The van der Waals surface area contributed by atoms with Gasteiger partial charge in [-0.15, -0.1) is 12.4 Å². The van der Waals surface area contributed by atoms with Crippen LogP contribution in [-0.4, -0.2) is 0 Å². The van der Waals surface area contributed by atoms with Gasteiger partial charge in [0, 0.05) is 0 Å². The first-order valence-electron chi connectivity index (χ1n) is 0.697. The Kier molecular flexibility index (Phi) is 20.1. The van der Waals surface area contributed by atoms with Crippen molar-refractivity contribution < 1.29 is 24.7 Å². The third-order valence-corrected chi connectivity index (χ3v) is 0. The molecule has 0 radical (unpaired) electrons. The predicted molar refractivity (Wildman–Crippen MR) is 17.4 cm³/mol. The first kappa shape index (κ1) is 8.87. The molecule has 0 aromatic carbocycles. The molecule has 0 rings (SSSR count). The summed E-state index contributed by atoms with van der Waals surface area (Å²) in [5.41, 5.74) is 0. The Morgan fingerprint density at radius 1 is 1.75 bits per heavy atom. The van der Waals surface area contributed by atoms with Gasteiger partial charge in [0.25, 0.3) is 0 Å². The summed E-state index contributed by atoms with van der Waals surface area (Å²) >= 11 is 1.40. The number of rotatable bonds is 0. The minimum Gasteiger partial charge on any atom is -0.147 e. The molecule has 0 saturated heterocycles. The van der Waals surface area contributed by atoms with E-state index in [2.05, 4.69) is 6.58 Å². The van der Waals surface area contributed by atoms with Gasteiger partial charge >= 0.3 is 35.1 Å². The monoisotopic (exact) mass is 153 g/mol. The Hall–Kier alpha value is 0.913. The van der Waals surface area contributed by atoms with E-state index in [0.29, 0.717) is 0 Å². The van der Waals surface area contributed by atoms with Gasteiger partial charge in [0.05, 0.1) is 0 Å². The Labute approximate surface area is 47.5 Å². The average molecular weight is 155 g/mol. The Balaban J connectivity index is 0. The molecule has 0 bridgehead atoms. The number of hydrogen-bond donors (Lipinski definition) is 0. The molecule has 2 heteroatoms. The maximum absolute atomic E-state index is 3.40. The van der Waals surface area contributed by atoms with Crippen molar-refractivity contribution in [2.24, 2.45) is 0 Å². The van der Waals surface area contributed by atoms with Crippen LogP contribution in [0.5, 0.6) is 0 Å².